The fourth-order valence-corrected chi connectivity index (χ4v) is 2.19. The van der Waals surface area contributed by atoms with E-state index in [1.54, 1.807) is 11.0 Å². The topological polar surface area (TPSA) is 63.5 Å². The number of nitro groups is 1. The molecule has 6 heteroatoms. The number of carbonyl (C=O) groups excluding carboxylic acids is 1. The van der Waals surface area contributed by atoms with E-state index in [4.69, 9.17) is 11.6 Å². The van der Waals surface area contributed by atoms with Crippen LogP contribution >= 0.6 is 11.6 Å². The number of para-hydroxylation sites is 1. The standard InChI is InChI=1S/C14H19ClN2O3/c1-9(2)8-16(10(3)4)14(18)11-6-5-7-12(15)13(11)17(19)20/h5-7,9-10H,8H2,1-4H3. The maximum absolute atomic E-state index is 12.6. The summed E-state index contributed by atoms with van der Waals surface area (Å²) in [4.78, 5) is 24.7. The Bertz CT molecular complexity index is 515. The highest BCUT2D eigenvalue weighted by Gasteiger charge is 2.28. The molecule has 0 fully saturated rings. The van der Waals surface area contributed by atoms with Gasteiger partial charge in [0.15, 0.2) is 0 Å². The van der Waals surface area contributed by atoms with Crippen LogP contribution in [0.2, 0.25) is 5.02 Å². The minimum Gasteiger partial charge on any atom is -0.336 e. The van der Waals surface area contributed by atoms with Crippen molar-refractivity contribution < 1.29 is 9.72 Å². The molecular weight excluding hydrogens is 280 g/mol. The number of benzene rings is 1. The van der Waals surface area contributed by atoms with Crippen molar-refractivity contribution in [3.8, 4) is 0 Å². The number of nitrogens with zero attached hydrogens (tertiary/aromatic N) is 2. The molecule has 0 radical (unpaired) electrons. The van der Waals surface area contributed by atoms with Gasteiger partial charge in [0.05, 0.1) is 4.92 Å². The average Bonchev–Trinajstić information content (AvgIpc) is 2.33. The summed E-state index contributed by atoms with van der Waals surface area (Å²) in [7, 11) is 0. The first-order valence-corrected chi connectivity index (χ1v) is 6.87. The summed E-state index contributed by atoms with van der Waals surface area (Å²) >= 11 is 5.85. The number of hydrogen-bond donors (Lipinski definition) is 0. The van der Waals surface area contributed by atoms with Crippen molar-refractivity contribution in [3.05, 3.63) is 38.9 Å². The Hall–Kier alpha value is -1.62. The number of hydrogen-bond acceptors (Lipinski definition) is 3. The highest BCUT2D eigenvalue weighted by atomic mass is 35.5. The zero-order chi connectivity index (χ0) is 15.4. The predicted octanol–water partition coefficient (Wildman–Crippen LogP) is 3.75. The Kier molecular flexibility index (Phi) is 5.51. The third-order valence-corrected chi connectivity index (χ3v) is 3.15. The van der Waals surface area contributed by atoms with Gasteiger partial charge in [-0.05, 0) is 31.9 Å². The lowest BCUT2D eigenvalue weighted by Crippen LogP contribution is -2.39. The number of halogens is 1. The van der Waals surface area contributed by atoms with Crippen LogP contribution in [-0.2, 0) is 0 Å². The first-order valence-electron chi connectivity index (χ1n) is 6.49. The second kappa shape index (κ2) is 6.70. The van der Waals surface area contributed by atoms with E-state index in [0.29, 0.717) is 6.54 Å². The molecule has 5 nitrogen and oxygen atoms in total. The van der Waals surface area contributed by atoms with Gasteiger partial charge in [-0.1, -0.05) is 31.5 Å². The van der Waals surface area contributed by atoms with Gasteiger partial charge in [-0.3, -0.25) is 14.9 Å². The Balaban J connectivity index is 3.25. The molecule has 0 saturated carbocycles. The minimum atomic E-state index is -0.608. The van der Waals surface area contributed by atoms with Crippen molar-refractivity contribution in [3.63, 3.8) is 0 Å². The third kappa shape index (κ3) is 3.70. The largest absolute Gasteiger partial charge is 0.336 e. The van der Waals surface area contributed by atoms with Gasteiger partial charge < -0.3 is 4.90 Å². The van der Waals surface area contributed by atoms with Crippen LogP contribution < -0.4 is 0 Å². The van der Waals surface area contributed by atoms with E-state index in [1.165, 1.54) is 12.1 Å². The molecular formula is C14H19ClN2O3. The summed E-state index contributed by atoms with van der Waals surface area (Å²) in [5, 5.41) is 11.1. The van der Waals surface area contributed by atoms with Crippen molar-refractivity contribution >= 4 is 23.2 Å². The number of carbonyl (C=O) groups is 1. The molecule has 0 spiro atoms. The van der Waals surface area contributed by atoms with Gasteiger partial charge in [0, 0.05) is 12.6 Å². The number of nitro benzene ring substituents is 1. The molecule has 1 aromatic rings. The molecule has 0 unspecified atom stereocenters. The van der Waals surface area contributed by atoms with E-state index >= 15 is 0 Å². The summed E-state index contributed by atoms with van der Waals surface area (Å²) in [5.74, 6) is -0.0810. The van der Waals surface area contributed by atoms with Crippen LogP contribution in [0.5, 0.6) is 0 Å². The molecule has 1 aromatic carbocycles. The highest BCUT2D eigenvalue weighted by Crippen LogP contribution is 2.29. The van der Waals surface area contributed by atoms with Crippen LogP contribution in [0.4, 0.5) is 5.69 Å². The molecule has 0 aromatic heterocycles. The minimum absolute atomic E-state index is 0.0193. The molecule has 0 bridgehead atoms. The SMILES string of the molecule is CC(C)CN(C(=O)c1cccc(Cl)c1[N+](=O)[O-])C(C)C. The summed E-state index contributed by atoms with van der Waals surface area (Å²) < 4.78 is 0. The Morgan fingerprint density at radius 1 is 1.35 bits per heavy atom. The van der Waals surface area contributed by atoms with Crippen molar-refractivity contribution in [2.24, 2.45) is 5.92 Å². The number of rotatable bonds is 5. The molecule has 0 heterocycles. The monoisotopic (exact) mass is 298 g/mol. The molecule has 0 atom stereocenters. The van der Waals surface area contributed by atoms with Gasteiger partial charge in [-0.2, -0.15) is 0 Å². The molecule has 1 rings (SSSR count). The van der Waals surface area contributed by atoms with Gasteiger partial charge in [0.2, 0.25) is 0 Å². The van der Waals surface area contributed by atoms with Crippen molar-refractivity contribution in [1.82, 2.24) is 4.90 Å². The zero-order valence-corrected chi connectivity index (χ0v) is 12.8. The fourth-order valence-electron chi connectivity index (χ4n) is 1.95. The van der Waals surface area contributed by atoms with Gasteiger partial charge in [-0.25, -0.2) is 0 Å². The van der Waals surface area contributed by atoms with Crippen LogP contribution in [0.15, 0.2) is 18.2 Å². The van der Waals surface area contributed by atoms with Crippen LogP contribution in [0, 0.1) is 16.0 Å². The Labute approximate surface area is 123 Å². The first-order chi connectivity index (χ1) is 9.25. The maximum atomic E-state index is 12.6. The lowest BCUT2D eigenvalue weighted by molar-refractivity contribution is -0.385. The van der Waals surface area contributed by atoms with Gasteiger partial charge in [0.1, 0.15) is 10.6 Å². The highest BCUT2D eigenvalue weighted by molar-refractivity contribution is 6.33. The molecule has 110 valence electrons. The average molecular weight is 299 g/mol. The predicted molar refractivity (Wildman–Crippen MR) is 79.1 cm³/mol. The van der Waals surface area contributed by atoms with E-state index < -0.39 is 4.92 Å². The first kappa shape index (κ1) is 16.4. The van der Waals surface area contributed by atoms with Crippen LogP contribution in [0.25, 0.3) is 0 Å². The van der Waals surface area contributed by atoms with E-state index in [9.17, 15) is 14.9 Å². The third-order valence-electron chi connectivity index (χ3n) is 2.85. The van der Waals surface area contributed by atoms with Crippen molar-refractivity contribution in [1.29, 1.82) is 0 Å². The Morgan fingerprint density at radius 3 is 2.40 bits per heavy atom. The fraction of sp³-hybridized carbons (Fsp3) is 0.500. The molecule has 0 aliphatic carbocycles. The summed E-state index contributed by atoms with van der Waals surface area (Å²) in [5.41, 5.74) is -0.287. The quantitative estimate of drug-likeness (QED) is 0.614. The maximum Gasteiger partial charge on any atom is 0.300 e. The van der Waals surface area contributed by atoms with E-state index in [0.717, 1.165) is 0 Å². The van der Waals surface area contributed by atoms with E-state index in [-0.39, 0.29) is 34.1 Å². The zero-order valence-electron chi connectivity index (χ0n) is 12.1. The normalized spacial score (nSPS) is 10.9. The summed E-state index contributed by atoms with van der Waals surface area (Å²) in [6, 6.07) is 4.38. The van der Waals surface area contributed by atoms with Crippen molar-refractivity contribution in [2.75, 3.05) is 6.54 Å². The molecule has 0 saturated heterocycles. The molecule has 1 amide bonds. The van der Waals surface area contributed by atoms with Gasteiger partial charge in [0.25, 0.3) is 5.91 Å². The van der Waals surface area contributed by atoms with Crippen LogP contribution in [0.1, 0.15) is 38.1 Å². The van der Waals surface area contributed by atoms with E-state index in [2.05, 4.69) is 0 Å². The molecule has 20 heavy (non-hydrogen) atoms. The summed E-state index contributed by atoms with van der Waals surface area (Å²) in [6.07, 6.45) is 0. The lowest BCUT2D eigenvalue weighted by Gasteiger charge is -2.28. The molecule has 0 N–H and O–H groups in total. The second-order valence-electron chi connectivity index (χ2n) is 5.34. The molecule has 0 aliphatic rings. The van der Waals surface area contributed by atoms with Crippen LogP contribution in [0.3, 0.4) is 0 Å². The Morgan fingerprint density at radius 2 is 1.95 bits per heavy atom. The second-order valence-corrected chi connectivity index (χ2v) is 5.75. The molecule has 0 aliphatic heterocycles. The lowest BCUT2D eigenvalue weighted by atomic mass is 10.1. The van der Waals surface area contributed by atoms with Crippen molar-refractivity contribution in [2.45, 2.75) is 33.7 Å². The van der Waals surface area contributed by atoms with Gasteiger partial charge >= 0.3 is 5.69 Å². The smallest absolute Gasteiger partial charge is 0.300 e. The van der Waals surface area contributed by atoms with Gasteiger partial charge in [-0.15, -0.1) is 0 Å². The van der Waals surface area contributed by atoms with E-state index in [1.807, 2.05) is 27.7 Å². The van der Waals surface area contributed by atoms with Crippen LogP contribution in [-0.4, -0.2) is 28.3 Å². The summed E-state index contributed by atoms with van der Waals surface area (Å²) in [6.45, 7) is 8.30. The number of amides is 1.